The second kappa shape index (κ2) is 12.2. The molecule has 5 rings (SSSR count). The summed E-state index contributed by atoms with van der Waals surface area (Å²) in [5, 5.41) is 10.3. The quantitative estimate of drug-likeness (QED) is 0.466. The number of halogens is 1. The molecule has 6 nitrogen and oxygen atoms in total. The van der Waals surface area contributed by atoms with E-state index in [2.05, 4.69) is 0 Å². The number of carbonyl (C=O) groups excluding carboxylic acids is 1. The Balaban J connectivity index is 1.44. The van der Waals surface area contributed by atoms with Gasteiger partial charge in [-0.25, -0.2) is 9.18 Å². The molecule has 0 aromatic heterocycles. The number of benzene rings is 2. The smallest absolute Gasteiger partial charge is 0.326 e. The Morgan fingerprint density at radius 3 is 2.59 bits per heavy atom. The number of hydrogen-bond donors (Lipinski definition) is 1. The van der Waals surface area contributed by atoms with Gasteiger partial charge in [0.05, 0.1) is 13.2 Å². The number of methoxy groups -OCH3 is 1. The van der Waals surface area contributed by atoms with Gasteiger partial charge < -0.3 is 19.5 Å². The Hall–Kier alpha value is -3.45. The molecule has 206 valence electrons. The van der Waals surface area contributed by atoms with E-state index < -0.39 is 18.1 Å². The van der Waals surface area contributed by atoms with Gasteiger partial charge in [0.1, 0.15) is 23.7 Å². The van der Waals surface area contributed by atoms with Crippen LogP contribution < -0.4 is 4.74 Å². The number of hydrogen-bond acceptors (Lipinski definition) is 4. The fourth-order valence-electron chi connectivity index (χ4n) is 6.16. The van der Waals surface area contributed by atoms with Crippen LogP contribution >= 0.6 is 0 Å². The number of aryl methyl sites for hydroxylation is 1. The van der Waals surface area contributed by atoms with E-state index >= 15 is 0 Å². The molecule has 1 heterocycles. The largest absolute Gasteiger partial charge is 0.496 e. The lowest BCUT2D eigenvalue weighted by Crippen LogP contribution is -2.54. The molecule has 0 bridgehead atoms. The van der Waals surface area contributed by atoms with Crippen LogP contribution in [0.2, 0.25) is 0 Å². The van der Waals surface area contributed by atoms with E-state index in [1.54, 1.807) is 25.3 Å². The van der Waals surface area contributed by atoms with Gasteiger partial charge in [-0.3, -0.25) is 4.79 Å². The van der Waals surface area contributed by atoms with Crippen LogP contribution in [-0.2, 0) is 40.1 Å². The van der Waals surface area contributed by atoms with Gasteiger partial charge in [-0.05, 0) is 66.5 Å². The molecule has 2 aromatic carbocycles. The maximum atomic E-state index is 14.3. The average molecular weight is 534 g/mol. The van der Waals surface area contributed by atoms with Gasteiger partial charge in [0.25, 0.3) is 5.91 Å². The standard InChI is InChI=1S/C32H36FNO5/c1-38-29-18-16-23-20-34(31(35)30(22-10-3-2-4-11-22)39-24-12-6-7-13-24)28(32(36)37)19-26(23)25(29)17-15-21-9-5-8-14-27(21)33/h2-5,8-10,14,16,18,22,24,28,30H,6-7,11-13,15,17,19-20H2,1H3,(H,36,37)/t22?,28-,30-/m1/s1. The second-order valence-corrected chi connectivity index (χ2v) is 10.7. The van der Waals surface area contributed by atoms with E-state index in [4.69, 9.17) is 9.47 Å². The third-order valence-electron chi connectivity index (χ3n) is 8.28. The summed E-state index contributed by atoms with van der Waals surface area (Å²) >= 11 is 0. The van der Waals surface area contributed by atoms with Crippen molar-refractivity contribution in [2.75, 3.05) is 7.11 Å². The topological polar surface area (TPSA) is 76.1 Å². The molecule has 1 aliphatic heterocycles. The monoisotopic (exact) mass is 533 g/mol. The number of carboxylic acid groups (broad SMARTS) is 1. The summed E-state index contributed by atoms with van der Waals surface area (Å²) < 4.78 is 26.4. The first-order chi connectivity index (χ1) is 19.0. The minimum atomic E-state index is -1.05. The first kappa shape index (κ1) is 27.1. The van der Waals surface area contributed by atoms with Crippen LogP contribution in [0.5, 0.6) is 5.75 Å². The highest BCUT2D eigenvalue weighted by Gasteiger charge is 2.42. The molecule has 0 spiro atoms. The molecule has 0 radical (unpaired) electrons. The molecule has 39 heavy (non-hydrogen) atoms. The third kappa shape index (κ3) is 5.93. The van der Waals surface area contributed by atoms with Crippen molar-refractivity contribution >= 4 is 11.9 Å². The highest BCUT2D eigenvalue weighted by molar-refractivity contribution is 5.88. The summed E-state index contributed by atoms with van der Waals surface area (Å²) in [6.07, 6.45) is 13.0. The summed E-state index contributed by atoms with van der Waals surface area (Å²) in [6, 6.07) is 9.42. The van der Waals surface area contributed by atoms with Gasteiger partial charge in [-0.15, -0.1) is 0 Å². The lowest BCUT2D eigenvalue weighted by Gasteiger charge is -2.39. The van der Waals surface area contributed by atoms with Gasteiger partial charge in [-0.1, -0.05) is 61.4 Å². The van der Waals surface area contributed by atoms with Crippen molar-refractivity contribution in [1.82, 2.24) is 4.90 Å². The number of rotatable bonds is 9. The predicted octanol–water partition coefficient (Wildman–Crippen LogP) is 5.42. The number of aliphatic carboxylic acids is 1. The Bertz CT molecular complexity index is 1270. The normalized spacial score (nSPS) is 21.5. The van der Waals surface area contributed by atoms with Gasteiger partial charge in [0.15, 0.2) is 0 Å². The van der Waals surface area contributed by atoms with Gasteiger partial charge in [0, 0.05) is 18.9 Å². The number of ether oxygens (including phenoxy) is 2. The van der Waals surface area contributed by atoms with Crippen LogP contribution in [0.25, 0.3) is 0 Å². The summed E-state index contributed by atoms with van der Waals surface area (Å²) in [5.41, 5.74) is 3.23. The molecule has 1 saturated carbocycles. The molecule has 1 unspecified atom stereocenters. The van der Waals surface area contributed by atoms with Crippen molar-refractivity contribution in [3.05, 3.63) is 88.8 Å². The van der Waals surface area contributed by atoms with Crippen LogP contribution in [0.15, 0.2) is 60.7 Å². The molecular weight excluding hydrogens is 497 g/mol. The van der Waals surface area contributed by atoms with E-state index in [0.717, 1.165) is 42.4 Å². The number of fused-ring (bicyclic) bond motifs is 1. The summed E-state index contributed by atoms with van der Waals surface area (Å²) in [4.78, 5) is 28.1. The lowest BCUT2D eigenvalue weighted by atomic mass is 9.86. The molecule has 3 atom stereocenters. The summed E-state index contributed by atoms with van der Waals surface area (Å²) in [7, 11) is 1.58. The molecule has 1 fully saturated rings. The van der Waals surface area contributed by atoms with Crippen molar-refractivity contribution in [2.45, 2.75) is 76.2 Å². The zero-order chi connectivity index (χ0) is 27.4. The van der Waals surface area contributed by atoms with Crippen LogP contribution in [0.3, 0.4) is 0 Å². The Labute approximate surface area is 229 Å². The second-order valence-electron chi connectivity index (χ2n) is 10.7. The minimum Gasteiger partial charge on any atom is -0.496 e. The first-order valence-electron chi connectivity index (χ1n) is 13.9. The zero-order valence-electron chi connectivity index (χ0n) is 22.4. The number of allylic oxidation sites excluding steroid dienone is 3. The van der Waals surface area contributed by atoms with Gasteiger partial charge in [-0.2, -0.15) is 0 Å². The molecule has 1 N–H and O–H groups in total. The van der Waals surface area contributed by atoms with Gasteiger partial charge >= 0.3 is 5.97 Å². The third-order valence-corrected chi connectivity index (χ3v) is 8.28. The van der Waals surface area contributed by atoms with Crippen molar-refractivity contribution in [3.63, 3.8) is 0 Å². The zero-order valence-corrected chi connectivity index (χ0v) is 22.4. The fraction of sp³-hybridized carbons (Fsp3) is 0.438. The number of carbonyl (C=O) groups is 2. The summed E-state index contributed by atoms with van der Waals surface area (Å²) in [5.74, 6) is -1.06. The van der Waals surface area contributed by atoms with Crippen molar-refractivity contribution in [3.8, 4) is 5.75 Å². The molecule has 3 aliphatic rings. The van der Waals surface area contributed by atoms with Gasteiger partial charge in [0.2, 0.25) is 0 Å². The van der Waals surface area contributed by atoms with E-state index in [9.17, 15) is 19.1 Å². The van der Waals surface area contributed by atoms with Crippen molar-refractivity contribution in [1.29, 1.82) is 0 Å². The highest BCUT2D eigenvalue weighted by atomic mass is 19.1. The molecule has 0 saturated heterocycles. The molecule has 1 amide bonds. The molecule has 2 aliphatic carbocycles. The highest BCUT2D eigenvalue weighted by Crippen LogP contribution is 2.35. The van der Waals surface area contributed by atoms with E-state index in [-0.39, 0.29) is 36.7 Å². The number of carboxylic acids is 1. The average Bonchev–Trinajstić information content (AvgIpc) is 3.48. The van der Waals surface area contributed by atoms with Crippen LogP contribution in [0.4, 0.5) is 4.39 Å². The van der Waals surface area contributed by atoms with Crippen LogP contribution in [0.1, 0.15) is 54.4 Å². The maximum Gasteiger partial charge on any atom is 0.326 e. The maximum absolute atomic E-state index is 14.3. The van der Waals surface area contributed by atoms with Crippen LogP contribution in [-0.4, -0.2) is 47.2 Å². The molecule has 7 heteroatoms. The first-order valence-corrected chi connectivity index (χ1v) is 13.9. The fourth-order valence-corrected chi connectivity index (χ4v) is 6.16. The SMILES string of the molecule is COc1ccc2c(c1CCc1ccccc1F)C[C@H](C(=O)O)N(C(=O)[C@H](OC1CCCC1)C1C=CC=CC1)C2. The molecule has 2 aromatic rings. The molecular formula is C32H36FNO5. The summed E-state index contributed by atoms with van der Waals surface area (Å²) in [6.45, 7) is 0.179. The Morgan fingerprint density at radius 1 is 1.10 bits per heavy atom. The van der Waals surface area contributed by atoms with Crippen molar-refractivity contribution < 1.29 is 28.6 Å². The Morgan fingerprint density at radius 2 is 1.90 bits per heavy atom. The predicted molar refractivity (Wildman–Crippen MR) is 146 cm³/mol. The van der Waals surface area contributed by atoms with Crippen LogP contribution in [0, 0.1) is 11.7 Å². The number of amides is 1. The van der Waals surface area contributed by atoms with E-state index in [1.807, 2.05) is 36.4 Å². The number of nitrogens with zero attached hydrogens (tertiary/aromatic N) is 1. The Kier molecular flexibility index (Phi) is 8.46. The van der Waals surface area contributed by atoms with E-state index in [1.165, 1.54) is 11.0 Å². The lowest BCUT2D eigenvalue weighted by molar-refractivity contribution is -0.162. The van der Waals surface area contributed by atoms with Crippen molar-refractivity contribution in [2.24, 2.45) is 5.92 Å². The van der Waals surface area contributed by atoms with E-state index in [0.29, 0.717) is 30.6 Å². The minimum absolute atomic E-state index is 0.0212.